The number of hydrogen-bond donors (Lipinski definition) is 1. The summed E-state index contributed by atoms with van der Waals surface area (Å²) in [5, 5.41) is 3.24. The lowest BCUT2D eigenvalue weighted by Crippen LogP contribution is -2.29. The van der Waals surface area contributed by atoms with Gasteiger partial charge in [0.15, 0.2) is 11.5 Å². The third-order valence-electron chi connectivity index (χ3n) is 5.67. The van der Waals surface area contributed by atoms with Gasteiger partial charge >= 0.3 is 0 Å². The largest absolute Gasteiger partial charge is 0.490 e. The van der Waals surface area contributed by atoms with Crippen LogP contribution in [0.3, 0.4) is 0 Å². The van der Waals surface area contributed by atoms with Gasteiger partial charge < -0.3 is 14.8 Å². The molecule has 4 heteroatoms. The predicted octanol–water partition coefficient (Wildman–Crippen LogP) is 5.51. The quantitative estimate of drug-likeness (QED) is 0.553. The number of hydrogen-bond acceptors (Lipinski definition) is 3. The van der Waals surface area contributed by atoms with Gasteiger partial charge in [0.2, 0.25) is 0 Å². The summed E-state index contributed by atoms with van der Waals surface area (Å²) < 4.78 is 11.7. The van der Waals surface area contributed by atoms with E-state index in [1.54, 1.807) is 0 Å². The van der Waals surface area contributed by atoms with Crippen LogP contribution in [0.15, 0.2) is 72.8 Å². The minimum Gasteiger partial charge on any atom is -0.490 e. The lowest BCUT2D eigenvalue weighted by atomic mass is 9.98. The number of carbonyl (C=O) groups excluding carboxylic acids is 1. The van der Waals surface area contributed by atoms with Crippen LogP contribution >= 0.6 is 0 Å². The number of ether oxygens (including phenoxy) is 2. The minimum absolute atomic E-state index is 0.0622. The summed E-state index contributed by atoms with van der Waals surface area (Å²) in [5.41, 5.74) is 4.18. The van der Waals surface area contributed by atoms with E-state index in [1.807, 2.05) is 60.7 Å². The fraction of sp³-hybridized carbons (Fsp3) is 0.296. The van der Waals surface area contributed by atoms with Crippen molar-refractivity contribution < 1.29 is 14.3 Å². The van der Waals surface area contributed by atoms with Gasteiger partial charge in [0, 0.05) is 12.0 Å². The Morgan fingerprint density at radius 3 is 2.39 bits per heavy atom. The summed E-state index contributed by atoms with van der Waals surface area (Å²) in [4.78, 5) is 13.0. The second-order valence-electron chi connectivity index (χ2n) is 7.86. The summed E-state index contributed by atoms with van der Waals surface area (Å²) in [7, 11) is 0. The van der Waals surface area contributed by atoms with E-state index in [0.717, 1.165) is 42.7 Å². The molecule has 3 aromatic rings. The molecule has 1 unspecified atom stereocenters. The van der Waals surface area contributed by atoms with Crippen molar-refractivity contribution in [1.29, 1.82) is 0 Å². The van der Waals surface area contributed by atoms with Crippen LogP contribution in [0.2, 0.25) is 0 Å². The fourth-order valence-corrected chi connectivity index (χ4v) is 3.81. The van der Waals surface area contributed by atoms with Gasteiger partial charge in [-0.05, 0) is 60.2 Å². The van der Waals surface area contributed by atoms with Crippen molar-refractivity contribution in [3.8, 4) is 11.5 Å². The van der Waals surface area contributed by atoms with Crippen LogP contribution in [0.1, 0.15) is 52.9 Å². The molecule has 1 heterocycles. The molecule has 3 aromatic carbocycles. The molecular weight excluding hydrogens is 386 g/mol. The summed E-state index contributed by atoms with van der Waals surface area (Å²) in [5.74, 6) is 1.46. The number of fused-ring (bicyclic) bond motifs is 1. The molecule has 31 heavy (non-hydrogen) atoms. The first-order valence-electron chi connectivity index (χ1n) is 11.1. The molecule has 0 bridgehead atoms. The van der Waals surface area contributed by atoms with Gasteiger partial charge in [0.25, 0.3) is 5.91 Å². The highest BCUT2D eigenvalue weighted by Crippen LogP contribution is 2.33. The smallest absolute Gasteiger partial charge is 0.251 e. The SMILES string of the molecule is CCc1ccc(C(=O)NC(CCc2ccccc2)c2ccc3c(c2)OCCCO3)cc1. The molecular formula is C27H29NO3. The molecule has 0 aromatic heterocycles. The lowest BCUT2D eigenvalue weighted by Gasteiger charge is -2.21. The number of benzene rings is 3. The van der Waals surface area contributed by atoms with Crippen molar-refractivity contribution in [2.45, 2.75) is 38.6 Å². The Bertz CT molecular complexity index is 999. The topological polar surface area (TPSA) is 47.6 Å². The number of amides is 1. The second-order valence-corrected chi connectivity index (χ2v) is 7.86. The molecule has 4 nitrogen and oxygen atoms in total. The zero-order valence-corrected chi connectivity index (χ0v) is 18.0. The normalized spacial score (nSPS) is 13.8. The van der Waals surface area contributed by atoms with Gasteiger partial charge in [-0.2, -0.15) is 0 Å². The van der Waals surface area contributed by atoms with Crippen LogP contribution < -0.4 is 14.8 Å². The van der Waals surface area contributed by atoms with Crippen LogP contribution in [0.5, 0.6) is 11.5 Å². The average molecular weight is 416 g/mol. The first-order valence-corrected chi connectivity index (χ1v) is 11.1. The maximum Gasteiger partial charge on any atom is 0.251 e. The Kier molecular flexibility index (Phi) is 6.88. The van der Waals surface area contributed by atoms with E-state index in [2.05, 4.69) is 24.4 Å². The van der Waals surface area contributed by atoms with E-state index in [4.69, 9.17) is 9.47 Å². The zero-order valence-electron chi connectivity index (χ0n) is 18.0. The molecule has 160 valence electrons. The van der Waals surface area contributed by atoms with Crippen molar-refractivity contribution in [3.05, 3.63) is 95.1 Å². The van der Waals surface area contributed by atoms with Crippen molar-refractivity contribution in [1.82, 2.24) is 5.32 Å². The minimum atomic E-state index is -0.129. The van der Waals surface area contributed by atoms with Crippen LogP contribution in [0.25, 0.3) is 0 Å². The predicted molar refractivity (Wildman–Crippen MR) is 123 cm³/mol. The third kappa shape index (κ3) is 5.46. The monoisotopic (exact) mass is 415 g/mol. The van der Waals surface area contributed by atoms with Gasteiger partial charge in [0.1, 0.15) is 0 Å². The first-order chi connectivity index (χ1) is 15.2. The number of carbonyl (C=O) groups is 1. The molecule has 1 atom stereocenters. The fourth-order valence-electron chi connectivity index (χ4n) is 3.81. The van der Waals surface area contributed by atoms with Crippen molar-refractivity contribution in [2.75, 3.05) is 13.2 Å². The van der Waals surface area contributed by atoms with E-state index >= 15 is 0 Å². The Labute approximate surface area is 184 Å². The van der Waals surface area contributed by atoms with Crippen molar-refractivity contribution in [3.63, 3.8) is 0 Å². The van der Waals surface area contributed by atoms with Crippen LogP contribution in [-0.2, 0) is 12.8 Å². The highest BCUT2D eigenvalue weighted by atomic mass is 16.5. The molecule has 4 rings (SSSR count). The van der Waals surface area contributed by atoms with E-state index in [-0.39, 0.29) is 11.9 Å². The first kappa shape index (κ1) is 21.0. The summed E-state index contributed by atoms with van der Waals surface area (Å²) in [6, 6.07) is 24.1. The van der Waals surface area contributed by atoms with Gasteiger partial charge in [-0.25, -0.2) is 0 Å². The third-order valence-corrected chi connectivity index (χ3v) is 5.67. The standard InChI is InChI=1S/C27H29NO3/c1-2-20-9-12-22(13-10-20)27(29)28-24(15-11-21-7-4-3-5-8-21)23-14-16-25-26(19-23)31-18-6-17-30-25/h3-5,7-10,12-14,16,19,24H,2,6,11,15,17-18H2,1H3,(H,28,29). The second kappa shape index (κ2) is 10.2. The Balaban J connectivity index is 1.56. The molecule has 1 aliphatic rings. The molecule has 0 aliphatic carbocycles. The van der Waals surface area contributed by atoms with Crippen LogP contribution in [-0.4, -0.2) is 19.1 Å². The summed E-state index contributed by atoms with van der Waals surface area (Å²) in [6.07, 6.45) is 3.49. The van der Waals surface area contributed by atoms with Gasteiger partial charge in [-0.15, -0.1) is 0 Å². The molecule has 0 saturated heterocycles. The Morgan fingerprint density at radius 1 is 0.903 bits per heavy atom. The maximum absolute atomic E-state index is 13.0. The van der Waals surface area contributed by atoms with Crippen LogP contribution in [0.4, 0.5) is 0 Å². The lowest BCUT2D eigenvalue weighted by molar-refractivity contribution is 0.0934. The summed E-state index contributed by atoms with van der Waals surface area (Å²) in [6.45, 7) is 3.41. The zero-order chi connectivity index (χ0) is 21.5. The van der Waals surface area contributed by atoms with Crippen molar-refractivity contribution >= 4 is 5.91 Å². The van der Waals surface area contributed by atoms with Crippen molar-refractivity contribution in [2.24, 2.45) is 0 Å². The van der Waals surface area contributed by atoms with Gasteiger partial charge in [-0.1, -0.05) is 55.5 Å². The highest BCUT2D eigenvalue weighted by molar-refractivity contribution is 5.94. The average Bonchev–Trinajstić information content (AvgIpc) is 3.07. The molecule has 1 amide bonds. The van der Waals surface area contributed by atoms with Crippen LogP contribution in [0, 0.1) is 0 Å². The maximum atomic E-state index is 13.0. The molecule has 0 radical (unpaired) electrons. The Hall–Kier alpha value is -3.27. The summed E-state index contributed by atoms with van der Waals surface area (Å²) >= 11 is 0. The van der Waals surface area contributed by atoms with E-state index in [9.17, 15) is 4.79 Å². The number of rotatable bonds is 7. The number of nitrogens with one attached hydrogen (secondary N) is 1. The molecule has 1 N–H and O–H groups in total. The molecule has 0 saturated carbocycles. The highest BCUT2D eigenvalue weighted by Gasteiger charge is 2.19. The van der Waals surface area contributed by atoms with E-state index in [0.29, 0.717) is 18.8 Å². The van der Waals surface area contributed by atoms with Gasteiger partial charge in [0.05, 0.1) is 19.3 Å². The van der Waals surface area contributed by atoms with Gasteiger partial charge in [-0.3, -0.25) is 4.79 Å². The molecule has 1 aliphatic heterocycles. The van der Waals surface area contributed by atoms with E-state index in [1.165, 1.54) is 11.1 Å². The number of aryl methyl sites for hydroxylation is 2. The molecule has 0 fully saturated rings. The Morgan fingerprint density at radius 2 is 1.65 bits per heavy atom. The van der Waals surface area contributed by atoms with E-state index < -0.39 is 0 Å². The molecule has 0 spiro atoms.